The molecule has 0 radical (unpaired) electrons. The number of aliphatic imine (C=N–C) groups is 1. The molecule has 1 aromatic rings. The van der Waals surface area contributed by atoms with Crippen LogP contribution in [0.1, 0.15) is 23.2 Å². The molecule has 2 N–H and O–H groups in total. The molecule has 0 saturated carbocycles. The molecule has 1 aromatic carbocycles. The molecule has 3 saturated heterocycles. The first kappa shape index (κ1) is 18.1. The van der Waals surface area contributed by atoms with E-state index in [0.717, 1.165) is 24.8 Å². The van der Waals surface area contributed by atoms with E-state index in [4.69, 9.17) is 9.47 Å². The average molecular weight is 372 g/mol. The van der Waals surface area contributed by atoms with Gasteiger partial charge >= 0.3 is 0 Å². The second kappa shape index (κ2) is 7.76. The van der Waals surface area contributed by atoms with Gasteiger partial charge in [0.2, 0.25) is 0 Å². The molecule has 3 aliphatic heterocycles. The van der Waals surface area contributed by atoms with E-state index >= 15 is 0 Å². The molecule has 3 fully saturated rings. The first-order valence-electron chi connectivity index (χ1n) is 9.73. The average Bonchev–Trinajstić information content (AvgIpc) is 3.41. The van der Waals surface area contributed by atoms with E-state index in [1.807, 2.05) is 7.05 Å². The maximum Gasteiger partial charge on any atom is 0.251 e. The molecule has 4 rings (SSSR count). The third-order valence-electron chi connectivity index (χ3n) is 6.01. The van der Waals surface area contributed by atoms with Crippen molar-refractivity contribution in [2.45, 2.75) is 25.0 Å². The van der Waals surface area contributed by atoms with Crippen LogP contribution in [0.15, 0.2) is 29.3 Å². The topological polar surface area (TPSA) is 75.2 Å². The Labute approximate surface area is 160 Å². The lowest BCUT2D eigenvalue weighted by Gasteiger charge is -2.23. The lowest BCUT2D eigenvalue weighted by atomic mass is 9.82. The summed E-state index contributed by atoms with van der Waals surface area (Å²) in [7, 11) is 3.43. The van der Waals surface area contributed by atoms with Gasteiger partial charge in [0.1, 0.15) is 5.75 Å². The molecule has 4 unspecified atom stereocenters. The quantitative estimate of drug-likeness (QED) is 0.460. The number of benzene rings is 1. The summed E-state index contributed by atoms with van der Waals surface area (Å²) in [5, 5.41) is 6.31. The highest BCUT2D eigenvalue weighted by Gasteiger charge is 2.53. The number of nitrogens with zero attached hydrogens (tertiary/aromatic N) is 2. The van der Waals surface area contributed by atoms with Gasteiger partial charge in [0.25, 0.3) is 5.91 Å². The smallest absolute Gasteiger partial charge is 0.251 e. The highest BCUT2D eigenvalue weighted by atomic mass is 16.5. The Bertz CT molecular complexity index is 688. The van der Waals surface area contributed by atoms with Crippen molar-refractivity contribution in [3.63, 3.8) is 0 Å². The van der Waals surface area contributed by atoms with Crippen LogP contribution >= 0.6 is 0 Å². The van der Waals surface area contributed by atoms with Gasteiger partial charge in [-0.1, -0.05) is 0 Å². The number of fused-ring (bicyclic) bond motifs is 5. The van der Waals surface area contributed by atoms with Crippen molar-refractivity contribution in [1.82, 2.24) is 15.5 Å². The minimum atomic E-state index is -0.0844. The lowest BCUT2D eigenvalue weighted by molar-refractivity contribution is 0.0767. The molecule has 0 aliphatic carbocycles. The molecule has 1 amide bonds. The highest BCUT2D eigenvalue weighted by Crippen LogP contribution is 2.47. The zero-order valence-electron chi connectivity index (χ0n) is 16.0. The van der Waals surface area contributed by atoms with Gasteiger partial charge in [0, 0.05) is 50.6 Å². The van der Waals surface area contributed by atoms with Crippen LogP contribution in [0.3, 0.4) is 0 Å². The van der Waals surface area contributed by atoms with Crippen molar-refractivity contribution in [1.29, 1.82) is 0 Å². The van der Waals surface area contributed by atoms with E-state index in [1.54, 1.807) is 31.4 Å². The number of hydrogen-bond donors (Lipinski definition) is 2. The van der Waals surface area contributed by atoms with Crippen LogP contribution < -0.4 is 15.4 Å². The Morgan fingerprint density at radius 2 is 1.78 bits per heavy atom. The number of amides is 1. The first-order valence-corrected chi connectivity index (χ1v) is 9.73. The van der Waals surface area contributed by atoms with E-state index in [2.05, 4.69) is 20.5 Å². The predicted octanol–water partition coefficient (Wildman–Crippen LogP) is 1.11. The zero-order valence-corrected chi connectivity index (χ0v) is 16.0. The largest absolute Gasteiger partial charge is 0.497 e. The molecule has 3 aliphatic rings. The lowest BCUT2D eigenvalue weighted by Crippen LogP contribution is -2.44. The molecule has 0 aromatic heterocycles. The van der Waals surface area contributed by atoms with Crippen LogP contribution in [0.5, 0.6) is 5.75 Å². The molecule has 4 atom stereocenters. The number of rotatable bonds is 5. The fourth-order valence-corrected chi connectivity index (χ4v) is 4.66. The number of nitrogens with one attached hydrogen (secondary N) is 2. The summed E-state index contributed by atoms with van der Waals surface area (Å²) < 4.78 is 11.2. The Balaban J connectivity index is 1.22. The molecule has 0 spiro atoms. The van der Waals surface area contributed by atoms with Gasteiger partial charge in [0.15, 0.2) is 5.96 Å². The summed E-state index contributed by atoms with van der Waals surface area (Å²) in [4.78, 5) is 19.0. The van der Waals surface area contributed by atoms with Gasteiger partial charge in [-0.15, -0.1) is 0 Å². The number of ether oxygens (including phenoxy) is 2. The van der Waals surface area contributed by atoms with Gasteiger partial charge in [0.05, 0.1) is 19.3 Å². The Morgan fingerprint density at radius 3 is 2.37 bits per heavy atom. The summed E-state index contributed by atoms with van der Waals surface area (Å²) in [5.41, 5.74) is 0.628. The van der Waals surface area contributed by atoms with Crippen LogP contribution in [-0.4, -0.2) is 69.3 Å². The predicted molar refractivity (Wildman–Crippen MR) is 103 cm³/mol. The van der Waals surface area contributed by atoms with E-state index in [1.165, 1.54) is 12.8 Å². The summed E-state index contributed by atoms with van der Waals surface area (Å²) in [6, 6.07) is 7.10. The third-order valence-corrected chi connectivity index (χ3v) is 6.01. The molecule has 27 heavy (non-hydrogen) atoms. The molecule has 3 heterocycles. The number of likely N-dealkylation sites (tertiary alicyclic amines) is 1. The van der Waals surface area contributed by atoms with Crippen molar-refractivity contribution in [3.8, 4) is 5.75 Å². The molecular formula is C20H28N4O3. The molecular weight excluding hydrogens is 344 g/mol. The standard InChI is InChI=1S/C20H28N4O3/c1-21-20(24-11-15-16(12-24)18-8-7-17(15)27-18)23-10-9-22-19(25)13-3-5-14(26-2)6-4-13/h3-6,15-18H,7-12H2,1-2H3,(H,21,23)(H,22,25). The summed E-state index contributed by atoms with van der Waals surface area (Å²) in [6.07, 6.45) is 3.32. The number of guanidine groups is 1. The van der Waals surface area contributed by atoms with Crippen LogP contribution in [0.2, 0.25) is 0 Å². The summed E-state index contributed by atoms with van der Waals surface area (Å²) in [5.74, 6) is 2.88. The first-order chi connectivity index (χ1) is 13.2. The molecule has 7 heteroatoms. The fraction of sp³-hybridized carbons (Fsp3) is 0.600. The van der Waals surface area contributed by atoms with Crippen LogP contribution in [-0.2, 0) is 4.74 Å². The van der Waals surface area contributed by atoms with Crippen LogP contribution in [0, 0.1) is 11.8 Å². The zero-order chi connectivity index (χ0) is 18.8. The van der Waals surface area contributed by atoms with Gasteiger partial charge in [-0.25, -0.2) is 0 Å². The number of carbonyl (C=O) groups excluding carboxylic acids is 1. The normalized spacial score (nSPS) is 29.0. The monoisotopic (exact) mass is 372 g/mol. The van der Waals surface area contributed by atoms with E-state index < -0.39 is 0 Å². The fourth-order valence-electron chi connectivity index (χ4n) is 4.66. The maximum atomic E-state index is 12.2. The van der Waals surface area contributed by atoms with E-state index in [9.17, 15) is 4.79 Å². The van der Waals surface area contributed by atoms with E-state index in [-0.39, 0.29) is 5.91 Å². The maximum absolute atomic E-state index is 12.2. The van der Waals surface area contributed by atoms with Gasteiger partial charge in [-0.05, 0) is 37.1 Å². The molecule has 2 bridgehead atoms. The van der Waals surface area contributed by atoms with Crippen molar-refractivity contribution in [2.24, 2.45) is 16.8 Å². The highest BCUT2D eigenvalue weighted by molar-refractivity contribution is 5.94. The minimum Gasteiger partial charge on any atom is -0.497 e. The van der Waals surface area contributed by atoms with Gasteiger partial charge < -0.3 is 25.0 Å². The van der Waals surface area contributed by atoms with Crippen molar-refractivity contribution >= 4 is 11.9 Å². The van der Waals surface area contributed by atoms with Gasteiger partial charge in [-0.2, -0.15) is 0 Å². The third kappa shape index (κ3) is 3.60. The number of carbonyl (C=O) groups is 1. The van der Waals surface area contributed by atoms with E-state index in [0.29, 0.717) is 42.7 Å². The molecule has 7 nitrogen and oxygen atoms in total. The number of hydrogen-bond acceptors (Lipinski definition) is 4. The van der Waals surface area contributed by atoms with Crippen molar-refractivity contribution in [3.05, 3.63) is 29.8 Å². The van der Waals surface area contributed by atoms with Crippen molar-refractivity contribution < 1.29 is 14.3 Å². The SMILES string of the molecule is CN=C(NCCNC(=O)c1ccc(OC)cc1)N1CC2C3CCC(O3)C2C1. The Hall–Kier alpha value is -2.28. The van der Waals surface area contributed by atoms with Gasteiger partial charge in [-0.3, -0.25) is 9.79 Å². The second-order valence-corrected chi connectivity index (χ2v) is 7.48. The minimum absolute atomic E-state index is 0.0844. The van der Waals surface area contributed by atoms with Crippen molar-refractivity contribution in [2.75, 3.05) is 40.3 Å². The Morgan fingerprint density at radius 1 is 1.15 bits per heavy atom. The molecule has 146 valence electrons. The summed E-state index contributed by atoms with van der Waals surface area (Å²) in [6.45, 7) is 3.22. The van der Waals surface area contributed by atoms with Crippen LogP contribution in [0.4, 0.5) is 0 Å². The number of methoxy groups -OCH3 is 1. The van der Waals surface area contributed by atoms with Crippen LogP contribution in [0.25, 0.3) is 0 Å². The Kier molecular flexibility index (Phi) is 5.20. The second-order valence-electron chi connectivity index (χ2n) is 7.48. The summed E-state index contributed by atoms with van der Waals surface area (Å²) >= 11 is 0.